The van der Waals surface area contributed by atoms with E-state index >= 15 is 0 Å². The number of aromatic nitrogens is 2. The zero-order valence-corrected chi connectivity index (χ0v) is 10.7. The standard InChI is InChI=1S/C14H16N2O3/c1-16-9-11(8-15-16)14(17)10-3-4-12-13(7-10)19-6-2-5-18-12/h3-4,7-9,14,17H,2,5-6H2,1H3. The Hall–Kier alpha value is -2.01. The Balaban J connectivity index is 1.91. The molecule has 0 amide bonds. The maximum atomic E-state index is 10.3. The Kier molecular flexibility index (Phi) is 3.13. The van der Waals surface area contributed by atoms with Gasteiger partial charge in [0.1, 0.15) is 6.10 Å². The molecule has 1 atom stereocenters. The monoisotopic (exact) mass is 260 g/mol. The van der Waals surface area contributed by atoms with Gasteiger partial charge in [0.15, 0.2) is 11.5 Å². The molecule has 5 heteroatoms. The molecule has 100 valence electrons. The molecule has 0 bridgehead atoms. The van der Waals surface area contributed by atoms with Crippen LogP contribution in [0.2, 0.25) is 0 Å². The summed E-state index contributed by atoms with van der Waals surface area (Å²) in [5.74, 6) is 1.43. The van der Waals surface area contributed by atoms with Gasteiger partial charge >= 0.3 is 0 Å². The van der Waals surface area contributed by atoms with E-state index in [9.17, 15) is 5.11 Å². The van der Waals surface area contributed by atoms with Crippen LogP contribution in [0.1, 0.15) is 23.7 Å². The van der Waals surface area contributed by atoms with Gasteiger partial charge in [0, 0.05) is 25.2 Å². The number of aryl methyl sites for hydroxylation is 1. The van der Waals surface area contributed by atoms with Crippen LogP contribution in [0.5, 0.6) is 11.5 Å². The Morgan fingerprint density at radius 3 is 2.74 bits per heavy atom. The average molecular weight is 260 g/mol. The molecule has 1 N–H and O–H groups in total. The molecule has 0 spiro atoms. The summed E-state index contributed by atoms with van der Waals surface area (Å²) in [5.41, 5.74) is 1.54. The zero-order valence-electron chi connectivity index (χ0n) is 10.7. The van der Waals surface area contributed by atoms with E-state index in [1.807, 2.05) is 25.2 Å². The fourth-order valence-electron chi connectivity index (χ4n) is 2.12. The first-order chi connectivity index (χ1) is 9.24. The van der Waals surface area contributed by atoms with Crippen molar-refractivity contribution in [3.05, 3.63) is 41.7 Å². The number of fused-ring (bicyclic) bond motifs is 1. The SMILES string of the molecule is Cn1cc(C(O)c2ccc3c(c2)OCCCO3)cn1. The summed E-state index contributed by atoms with van der Waals surface area (Å²) in [6, 6.07) is 5.53. The van der Waals surface area contributed by atoms with Crippen LogP contribution in [-0.4, -0.2) is 28.1 Å². The van der Waals surface area contributed by atoms with E-state index < -0.39 is 6.10 Å². The van der Waals surface area contributed by atoms with Gasteiger partial charge in [-0.3, -0.25) is 4.68 Å². The molecular weight excluding hydrogens is 244 g/mol. The van der Waals surface area contributed by atoms with Crippen LogP contribution in [0.4, 0.5) is 0 Å². The fraction of sp³-hybridized carbons (Fsp3) is 0.357. The van der Waals surface area contributed by atoms with Gasteiger partial charge in [0.2, 0.25) is 0 Å². The molecular formula is C14H16N2O3. The maximum Gasteiger partial charge on any atom is 0.161 e. The quantitative estimate of drug-likeness (QED) is 0.892. The summed E-state index contributed by atoms with van der Waals surface area (Å²) >= 11 is 0. The minimum Gasteiger partial charge on any atom is -0.490 e. The Morgan fingerprint density at radius 1 is 1.21 bits per heavy atom. The lowest BCUT2D eigenvalue weighted by Gasteiger charge is -2.12. The summed E-state index contributed by atoms with van der Waals surface area (Å²) in [6.07, 6.45) is 3.63. The molecule has 0 fully saturated rings. The number of rotatable bonds is 2. The predicted molar refractivity (Wildman–Crippen MR) is 69.3 cm³/mol. The van der Waals surface area contributed by atoms with Crippen molar-refractivity contribution in [2.45, 2.75) is 12.5 Å². The van der Waals surface area contributed by atoms with Crippen LogP contribution in [0, 0.1) is 0 Å². The minimum absolute atomic E-state index is 0.638. The van der Waals surface area contributed by atoms with E-state index in [0.717, 1.165) is 23.3 Å². The van der Waals surface area contributed by atoms with Crippen molar-refractivity contribution in [2.75, 3.05) is 13.2 Å². The van der Waals surface area contributed by atoms with Gasteiger partial charge in [0.05, 0.1) is 19.4 Å². The molecule has 2 aromatic rings. The summed E-state index contributed by atoms with van der Waals surface area (Å²) in [6.45, 7) is 1.30. The second-order valence-corrected chi connectivity index (χ2v) is 4.61. The van der Waals surface area contributed by atoms with Gasteiger partial charge in [0.25, 0.3) is 0 Å². The molecule has 0 saturated carbocycles. The summed E-state index contributed by atoms with van der Waals surface area (Å²) in [4.78, 5) is 0. The van der Waals surface area contributed by atoms with Crippen LogP contribution in [0.3, 0.4) is 0 Å². The van der Waals surface area contributed by atoms with Crippen LogP contribution >= 0.6 is 0 Å². The van der Waals surface area contributed by atoms with E-state index in [4.69, 9.17) is 9.47 Å². The third-order valence-electron chi connectivity index (χ3n) is 3.13. The van der Waals surface area contributed by atoms with Crippen molar-refractivity contribution in [1.29, 1.82) is 0 Å². The van der Waals surface area contributed by atoms with Gasteiger partial charge in [-0.2, -0.15) is 5.10 Å². The highest BCUT2D eigenvalue weighted by molar-refractivity contribution is 5.45. The minimum atomic E-state index is -0.703. The Bertz CT molecular complexity index is 580. The number of hydrogen-bond donors (Lipinski definition) is 1. The predicted octanol–water partition coefficient (Wildman–Crippen LogP) is 1.66. The lowest BCUT2D eigenvalue weighted by Crippen LogP contribution is -2.00. The highest BCUT2D eigenvalue weighted by atomic mass is 16.5. The van der Waals surface area contributed by atoms with Crippen LogP contribution in [0.15, 0.2) is 30.6 Å². The summed E-state index contributed by atoms with van der Waals surface area (Å²) < 4.78 is 12.9. The molecule has 19 heavy (non-hydrogen) atoms. The molecule has 1 aromatic carbocycles. The number of aliphatic hydroxyl groups is 1. The molecule has 3 rings (SSSR count). The number of ether oxygens (including phenoxy) is 2. The van der Waals surface area contributed by atoms with Crippen molar-refractivity contribution < 1.29 is 14.6 Å². The van der Waals surface area contributed by atoms with Crippen LogP contribution in [-0.2, 0) is 7.05 Å². The molecule has 0 aliphatic carbocycles. The molecule has 1 aliphatic heterocycles. The molecule has 1 aliphatic rings. The first-order valence-electron chi connectivity index (χ1n) is 6.30. The first kappa shape index (κ1) is 12.0. The van der Waals surface area contributed by atoms with Crippen LogP contribution < -0.4 is 9.47 Å². The highest BCUT2D eigenvalue weighted by Crippen LogP contribution is 2.33. The second-order valence-electron chi connectivity index (χ2n) is 4.61. The third-order valence-corrected chi connectivity index (χ3v) is 3.13. The van der Waals surface area contributed by atoms with Gasteiger partial charge in [-0.15, -0.1) is 0 Å². The number of nitrogens with zero attached hydrogens (tertiary/aromatic N) is 2. The second kappa shape index (κ2) is 4.93. The van der Waals surface area contributed by atoms with Gasteiger partial charge < -0.3 is 14.6 Å². The lowest BCUT2D eigenvalue weighted by atomic mass is 10.0. The number of hydrogen-bond acceptors (Lipinski definition) is 4. The Labute approximate surface area is 111 Å². The fourth-order valence-corrected chi connectivity index (χ4v) is 2.12. The van der Waals surface area contributed by atoms with Crippen molar-refractivity contribution in [3.63, 3.8) is 0 Å². The van der Waals surface area contributed by atoms with E-state index in [0.29, 0.717) is 19.0 Å². The van der Waals surface area contributed by atoms with Gasteiger partial charge in [-0.25, -0.2) is 0 Å². The third kappa shape index (κ3) is 2.42. The number of benzene rings is 1. The van der Waals surface area contributed by atoms with E-state index in [1.54, 1.807) is 17.1 Å². The molecule has 2 heterocycles. The van der Waals surface area contributed by atoms with Crippen molar-refractivity contribution in [2.24, 2.45) is 7.05 Å². The van der Waals surface area contributed by atoms with Crippen LogP contribution in [0.25, 0.3) is 0 Å². The first-order valence-corrected chi connectivity index (χ1v) is 6.30. The highest BCUT2D eigenvalue weighted by Gasteiger charge is 2.16. The van der Waals surface area contributed by atoms with Crippen molar-refractivity contribution in [3.8, 4) is 11.5 Å². The molecule has 0 radical (unpaired) electrons. The average Bonchev–Trinajstić information content (AvgIpc) is 2.72. The van der Waals surface area contributed by atoms with E-state index in [-0.39, 0.29) is 0 Å². The smallest absolute Gasteiger partial charge is 0.161 e. The van der Waals surface area contributed by atoms with Gasteiger partial charge in [-0.1, -0.05) is 6.07 Å². The Morgan fingerprint density at radius 2 is 2.00 bits per heavy atom. The maximum absolute atomic E-state index is 10.3. The lowest BCUT2D eigenvalue weighted by molar-refractivity contribution is 0.219. The van der Waals surface area contributed by atoms with E-state index in [1.165, 1.54) is 0 Å². The molecule has 5 nitrogen and oxygen atoms in total. The van der Waals surface area contributed by atoms with Crippen molar-refractivity contribution in [1.82, 2.24) is 9.78 Å². The van der Waals surface area contributed by atoms with Crippen molar-refractivity contribution >= 4 is 0 Å². The topological polar surface area (TPSA) is 56.5 Å². The normalized spacial score (nSPS) is 15.9. The molecule has 1 aromatic heterocycles. The summed E-state index contributed by atoms with van der Waals surface area (Å²) in [7, 11) is 1.82. The zero-order chi connectivity index (χ0) is 13.2. The molecule has 1 unspecified atom stereocenters. The van der Waals surface area contributed by atoms with Gasteiger partial charge in [-0.05, 0) is 17.7 Å². The largest absolute Gasteiger partial charge is 0.490 e. The molecule has 0 saturated heterocycles. The van der Waals surface area contributed by atoms with E-state index in [2.05, 4.69) is 5.10 Å². The number of aliphatic hydroxyl groups excluding tert-OH is 1. The summed E-state index contributed by atoms with van der Waals surface area (Å²) in [5, 5.41) is 14.4.